The molecule has 5 heteroatoms. The molecule has 1 N–H and O–H groups in total. The molecule has 1 amide bonds. The normalized spacial score (nSPS) is 16.2. The summed E-state index contributed by atoms with van der Waals surface area (Å²) in [7, 11) is 0. The van der Waals surface area contributed by atoms with Gasteiger partial charge in [-0.15, -0.1) is 0 Å². The van der Waals surface area contributed by atoms with Crippen LogP contribution in [0.1, 0.15) is 34.8 Å². The molecule has 0 saturated carbocycles. The summed E-state index contributed by atoms with van der Waals surface area (Å²) >= 11 is 0. The zero-order chi connectivity index (χ0) is 16.1. The maximum Gasteiger partial charge on any atom is 0.251 e. The Bertz CT molecular complexity index is 637. The Kier molecular flexibility index (Phi) is 4.88. The maximum atomic E-state index is 12.3. The van der Waals surface area contributed by atoms with E-state index in [4.69, 9.17) is 0 Å². The van der Waals surface area contributed by atoms with Gasteiger partial charge in [-0.2, -0.15) is 4.73 Å². The molecule has 1 aromatic carbocycles. The number of amides is 1. The number of likely N-dealkylation sites (tertiary alicyclic amines) is 1. The lowest BCUT2D eigenvalue weighted by Crippen LogP contribution is -2.37. The van der Waals surface area contributed by atoms with Crippen molar-refractivity contribution in [2.75, 3.05) is 19.6 Å². The van der Waals surface area contributed by atoms with Crippen LogP contribution in [0.4, 0.5) is 0 Å². The van der Waals surface area contributed by atoms with E-state index in [9.17, 15) is 10.0 Å². The van der Waals surface area contributed by atoms with Crippen molar-refractivity contribution in [2.24, 2.45) is 0 Å². The molecule has 1 aliphatic rings. The molecular formula is C18H21N3O2. The minimum Gasteiger partial charge on any atom is -0.619 e. The van der Waals surface area contributed by atoms with E-state index in [-0.39, 0.29) is 11.9 Å². The Morgan fingerprint density at radius 2 is 1.78 bits per heavy atom. The van der Waals surface area contributed by atoms with Gasteiger partial charge in [0.1, 0.15) is 0 Å². The van der Waals surface area contributed by atoms with Gasteiger partial charge in [-0.3, -0.25) is 9.69 Å². The third-order valence-electron chi connectivity index (χ3n) is 4.29. The first-order valence-electron chi connectivity index (χ1n) is 8.00. The number of nitrogens with one attached hydrogen (secondary N) is 1. The van der Waals surface area contributed by atoms with Crippen LogP contribution in [0.5, 0.6) is 0 Å². The van der Waals surface area contributed by atoms with Crippen molar-refractivity contribution in [1.82, 2.24) is 10.2 Å². The van der Waals surface area contributed by atoms with Gasteiger partial charge < -0.3 is 10.5 Å². The number of aromatic nitrogens is 1. The third kappa shape index (κ3) is 3.87. The van der Waals surface area contributed by atoms with Crippen LogP contribution in [0.15, 0.2) is 54.9 Å². The number of benzene rings is 1. The van der Waals surface area contributed by atoms with Gasteiger partial charge in [0, 0.05) is 18.7 Å². The molecule has 1 atom stereocenters. The zero-order valence-corrected chi connectivity index (χ0v) is 13.0. The van der Waals surface area contributed by atoms with Crippen molar-refractivity contribution in [3.8, 4) is 0 Å². The van der Waals surface area contributed by atoms with E-state index in [1.54, 1.807) is 0 Å². The average molecular weight is 311 g/mol. The lowest BCUT2D eigenvalue weighted by atomic mass is 10.1. The quantitative estimate of drug-likeness (QED) is 0.677. The summed E-state index contributed by atoms with van der Waals surface area (Å²) in [6.45, 7) is 2.70. The van der Waals surface area contributed by atoms with Gasteiger partial charge >= 0.3 is 0 Å². The Morgan fingerprint density at radius 1 is 1.13 bits per heavy atom. The van der Waals surface area contributed by atoms with E-state index in [1.807, 2.05) is 18.2 Å². The minimum atomic E-state index is -0.147. The first-order chi connectivity index (χ1) is 11.2. The molecule has 1 fully saturated rings. The van der Waals surface area contributed by atoms with Crippen molar-refractivity contribution >= 4 is 5.91 Å². The van der Waals surface area contributed by atoms with Crippen LogP contribution in [0.3, 0.4) is 0 Å². The van der Waals surface area contributed by atoms with Gasteiger partial charge in [0.15, 0.2) is 12.4 Å². The molecule has 0 aliphatic carbocycles. The predicted octanol–water partition coefficient (Wildman–Crippen LogP) is 1.89. The van der Waals surface area contributed by atoms with Gasteiger partial charge in [0.2, 0.25) is 0 Å². The van der Waals surface area contributed by atoms with Crippen molar-refractivity contribution < 1.29 is 9.52 Å². The van der Waals surface area contributed by atoms with Crippen LogP contribution in [0.2, 0.25) is 0 Å². The second-order valence-electron chi connectivity index (χ2n) is 5.83. The Hall–Kier alpha value is -2.40. The van der Waals surface area contributed by atoms with Gasteiger partial charge in [-0.25, -0.2) is 0 Å². The van der Waals surface area contributed by atoms with Crippen molar-refractivity contribution in [1.29, 1.82) is 0 Å². The SMILES string of the molecule is O=C(NCC(c1ccccc1)N1CCCC1)c1cc[n+]([O-])cc1. The topological polar surface area (TPSA) is 59.3 Å². The molecule has 0 bridgehead atoms. The number of hydrogen-bond acceptors (Lipinski definition) is 3. The van der Waals surface area contributed by atoms with Crippen LogP contribution < -0.4 is 10.0 Å². The Balaban J connectivity index is 1.69. The Labute approximate surface area is 136 Å². The minimum absolute atomic E-state index is 0.147. The fourth-order valence-electron chi connectivity index (χ4n) is 3.04. The largest absolute Gasteiger partial charge is 0.619 e. The molecular weight excluding hydrogens is 290 g/mol. The summed E-state index contributed by atoms with van der Waals surface area (Å²) in [6, 6.07) is 13.6. The summed E-state index contributed by atoms with van der Waals surface area (Å²) in [5, 5.41) is 14.0. The number of pyridine rings is 1. The van der Waals surface area contributed by atoms with E-state index < -0.39 is 0 Å². The smallest absolute Gasteiger partial charge is 0.251 e. The van der Waals surface area contributed by atoms with Gasteiger partial charge in [-0.1, -0.05) is 30.3 Å². The van der Waals surface area contributed by atoms with Gasteiger partial charge in [0.25, 0.3) is 5.91 Å². The summed E-state index contributed by atoms with van der Waals surface area (Å²) in [4.78, 5) is 14.7. The molecule has 0 radical (unpaired) electrons. The Morgan fingerprint density at radius 3 is 2.43 bits per heavy atom. The van der Waals surface area contributed by atoms with Crippen LogP contribution in [0, 0.1) is 5.21 Å². The van der Waals surface area contributed by atoms with E-state index in [0.717, 1.165) is 13.1 Å². The molecule has 5 nitrogen and oxygen atoms in total. The lowest BCUT2D eigenvalue weighted by Gasteiger charge is -2.28. The monoisotopic (exact) mass is 311 g/mol. The highest BCUT2D eigenvalue weighted by Gasteiger charge is 2.24. The highest BCUT2D eigenvalue weighted by atomic mass is 16.5. The first kappa shape index (κ1) is 15.5. The van der Waals surface area contributed by atoms with Gasteiger partial charge in [-0.05, 0) is 31.5 Å². The first-order valence-corrected chi connectivity index (χ1v) is 8.00. The van der Waals surface area contributed by atoms with Crippen LogP contribution >= 0.6 is 0 Å². The van der Waals surface area contributed by atoms with Crippen LogP contribution in [-0.2, 0) is 0 Å². The summed E-state index contributed by atoms with van der Waals surface area (Å²) in [5.41, 5.74) is 1.73. The number of carbonyl (C=O) groups excluding carboxylic acids is 1. The zero-order valence-electron chi connectivity index (χ0n) is 13.0. The summed E-state index contributed by atoms with van der Waals surface area (Å²) in [5.74, 6) is -0.147. The molecule has 120 valence electrons. The second-order valence-corrected chi connectivity index (χ2v) is 5.83. The number of hydrogen-bond donors (Lipinski definition) is 1. The molecule has 3 rings (SSSR count). The standard InChI is InChI=1S/C18H21N3O2/c22-18(16-8-12-21(23)13-9-16)19-14-17(20-10-4-5-11-20)15-6-2-1-3-7-15/h1-3,6-9,12-13,17H,4-5,10-11,14H2,(H,19,22). The van der Waals surface area contributed by atoms with Crippen LogP contribution in [0.25, 0.3) is 0 Å². The van der Waals surface area contributed by atoms with Crippen molar-refractivity contribution in [3.05, 3.63) is 71.2 Å². The molecule has 2 heterocycles. The number of nitrogens with zero attached hydrogens (tertiary/aromatic N) is 2. The summed E-state index contributed by atoms with van der Waals surface area (Å²) < 4.78 is 0.674. The maximum absolute atomic E-state index is 12.3. The molecule has 0 spiro atoms. The third-order valence-corrected chi connectivity index (χ3v) is 4.29. The highest BCUT2D eigenvalue weighted by Crippen LogP contribution is 2.24. The number of carbonyl (C=O) groups is 1. The van der Waals surface area contributed by atoms with E-state index in [1.165, 1.54) is 42.9 Å². The van der Waals surface area contributed by atoms with E-state index in [0.29, 0.717) is 16.8 Å². The molecule has 1 aliphatic heterocycles. The van der Waals surface area contributed by atoms with Crippen molar-refractivity contribution in [3.63, 3.8) is 0 Å². The fourth-order valence-corrected chi connectivity index (χ4v) is 3.04. The fraction of sp³-hybridized carbons (Fsp3) is 0.333. The molecule has 1 aromatic heterocycles. The molecule has 23 heavy (non-hydrogen) atoms. The lowest BCUT2D eigenvalue weighted by molar-refractivity contribution is -0.605. The highest BCUT2D eigenvalue weighted by molar-refractivity contribution is 5.93. The van der Waals surface area contributed by atoms with Gasteiger partial charge in [0.05, 0.1) is 11.6 Å². The second kappa shape index (κ2) is 7.24. The summed E-state index contributed by atoms with van der Waals surface area (Å²) in [6.07, 6.45) is 5.09. The van der Waals surface area contributed by atoms with E-state index >= 15 is 0 Å². The van der Waals surface area contributed by atoms with E-state index in [2.05, 4.69) is 22.3 Å². The molecule has 1 unspecified atom stereocenters. The predicted molar refractivity (Wildman–Crippen MR) is 87.7 cm³/mol. The average Bonchev–Trinajstić information content (AvgIpc) is 3.11. The van der Waals surface area contributed by atoms with Crippen LogP contribution in [-0.4, -0.2) is 30.4 Å². The molecule has 2 aromatic rings. The number of rotatable bonds is 5. The van der Waals surface area contributed by atoms with Crippen molar-refractivity contribution in [2.45, 2.75) is 18.9 Å². The molecule has 1 saturated heterocycles.